The predicted molar refractivity (Wildman–Crippen MR) is 76.1 cm³/mol. The highest BCUT2D eigenvalue weighted by molar-refractivity contribution is 7.87. The van der Waals surface area contributed by atoms with Crippen LogP contribution in [0.5, 0.6) is 11.5 Å². The van der Waals surface area contributed by atoms with Crippen LogP contribution in [0.3, 0.4) is 0 Å². The molecule has 112 valence electrons. The molecule has 0 aliphatic carbocycles. The summed E-state index contributed by atoms with van der Waals surface area (Å²) in [5, 5.41) is 0. The number of benzene rings is 1. The Labute approximate surface area is 119 Å². The summed E-state index contributed by atoms with van der Waals surface area (Å²) >= 11 is 0. The van der Waals surface area contributed by atoms with E-state index < -0.39 is 10.2 Å². The number of rotatable bonds is 6. The van der Waals surface area contributed by atoms with E-state index in [0.29, 0.717) is 24.6 Å². The molecule has 0 atom stereocenters. The third kappa shape index (κ3) is 3.41. The van der Waals surface area contributed by atoms with Crippen LogP contribution in [0.25, 0.3) is 0 Å². The maximum absolute atomic E-state index is 12.0. The van der Waals surface area contributed by atoms with Gasteiger partial charge in [0, 0.05) is 19.6 Å². The molecule has 1 aromatic carbocycles. The van der Waals surface area contributed by atoms with Crippen LogP contribution in [0.1, 0.15) is 18.4 Å². The maximum atomic E-state index is 12.0. The van der Waals surface area contributed by atoms with Crippen molar-refractivity contribution in [3.8, 4) is 11.5 Å². The second-order valence-corrected chi connectivity index (χ2v) is 6.38. The standard InChI is InChI=1S/C13H20N2O4S/c1-18-12-6-5-11(9-13(12)19-2)10-14-20(16,17)15-7-3-4-8-15/h5-6,9,14H,3-4,7-8,10H2,1-2H3. The largest absolute Gasteiger partial charge is 0.493 e. The van der Waals surface area contributed by atoms with E-state index in [0.717, 1.165) is 18.4 Å². The molecule has 1 heterocycles. The molecule has 0 unspecified atom stereocenters. The molecule has 0 amide bonds. The van der Waals surface area contributed by atoms with Crippen molar-refractivity contribution in [1.29, 1.82) is 0 Å². The maximum Gasteiger partial charge on any atom is 0.279 e. The van der Waals surface area contributed by atoms with Gasteiger partial charge in [-0.3, -0.25) is 0 Å². The number of hydrogen-bond acceptors (Lipinski definition) is 4. The molecule has 1 aliphatic rings. The first-order valence-corrected chi connectivity index (χ1v) is 7.96. The average Bonchev–Trinajstić information content (AvgIpc) is 3.00. The smallest absolute Gasteiger partial charge is 0.279 e. The molecule has 0 saturated carbocycles. The van der Waals surface area contributed by atoms with E-state index in [2.05, 4.69) is 4.72 Å². The predicted octanol–water partition coefficient (Wildman–Crippen LogP) is 1.13. The van der Waals surface area contributed by atoms with Crippen LogP contribution >= 0.6 is 0 Å². The Morgan fingerprint density at radius 1 is 1.15 bits per heavy atom. The zero-order chi connectivity index (χ0) is 14.6. The van der Waals surface area contributed by atoms with Gasteiger partial charge in [0.05, 0.1) is 14.2 Å². The van der Waals surface area contributed by atoms with Crippen molar-refractivity contribution >= 4 is 10.2 Å². The van der Waals surface area contributed by atoms with Crippen molar-refractivity contribution in [2.45, 2.75) is 19.4 Å². The lowest BCUT2D eigenvalue weighted by Crippen LogP contribution is -2.38. The van der Waals surface area contributed by atoms with Crippen LogP contribution in [0.4, 0.5) is 0 Å². The fraction of sp³-hybridized carbons (Fsp3) is 0.538. The van der Waals surface area contributed by atoms with E-state index in [9.17, 15) is 8.42 Å². The van der Waals surface area contributed by atoms with Crippen molar-refractivity contribution in [3.63, 3.8) is 0 Å². The van der Waals surface area contributed by atoms with Gasteiger partial charge in [0.15, 0.2) is 11.5 Å². The lowest BCUT2D eigenvalue weighted by molar-refractivity contribution is 0.354. The number of nitrogens with zero attached hydrogens (tertiary/aromatic N) is 1. The highest BCUT2D eigenvalue weighted by atomic mass is 32.2. The molecule has 0 spiro atoms. The summed E-state index contributed by atoms with van der Waals surface area (Å²) in [7, 11) is -0.267. The molecule has 6 nitrogen and oxygen atoms in total. The fourth-order valence-corrected chi connectivity index (χ4v) is 3.46. The summed E-state index contributed by atoms with van der Waals surface area (Å²) in [5.74, 6) is 1.21. The molecule has 1 fully saturated rings. The number of methoxy groups -OCH3 is 2. The van der Waals surface area contributed by atoms with Gasteiger partial charge in [-0.1, -0.05) is 6.07 Å². The number of hydrogen-bond donors (Lipinski definition) is 1. The Balaban J connectivity index is 2.03. The monoisotopic (exact) mass is 300 g/mol. The Morgan fingerprint density at radius 3 is 2.40 bits per heavy atom. The van der Waals surface area contributed by atoms with E-state index in [4.69, 9.17) is 9.47 Å². The number of ether oxygens (including phenoxy) is 2. The van der Waals surface area contributed by atoms with Crippen LogP contribution in [0.15, 0.2) is 18.2 Å². The molecule has 1 saturated heterocycles. The topological polar surface area (TPSA) is 67.9 Å². The Bertz CT molecular complexity index is 553. The van der Waals surface area contributed by atoms with Gasteiger partial charge in [0.1, 0.15) is 0 Å². The van der Waals surface area contributed by atoms with E-state index in [-0.39, 0.29) is 6.54 Å². The molecule has 2 rings (SSSR count). The zero-order valence-corrected chi connectivity index (χ0v) is 12.6. The minimum atomic E-state index is -3.38. The average molecular weight is 300 g/mol. The summed E-state index contributed by atoms with van der Waals surface area (Å²) < 4.78 is 38.5. The zero-order valence-electron chi connectivity index (χ0n) is 11.8. The van der Waals surface area contributed by atoms with Crippen LogP contribution in [0.2, 0.25) is 0 Å². The third-order valence-electron chi connectivity index (χ3n) is 3.31. The molecule has 20 heavy (non-hydrogen) atoms. The quantitative estimate of drug-likeness (QED) is 0.855. The highest BCUT2D eigenvalue weighted by Gasteiger charge is 2.24. The van der Waals surface area contributed by atoms with E-state index >= 15 is 0 Å². The number of nitrogens with one attached hydrogen (secondary N) is 1. The molecule has 0 aromatic heterocycles. The molecular weight excluding hydrogens is 280 g/mol. The first-order chi connectivity index (χ1) is 9.56. The minimum Gasteiger partial charge on any atom is -0.493 e. The Hall–Kier alpha value is -1.31. The van der Waals surface area contributed by atoms with Gasteiger partial charge in [0.25, 0.3) is 10.2 Å². The van der Waals surface area contributed by atoms with Crippen molar-refractivity contribution in [3.05, 3.63) is 23.8 Å². The summed E-state index contributed by atoms with van der Waals surface area (Å²) in [5.41, 5.74) is 0.824. The minimum absolute atomic E-state index is 0.235. The third-order valence-corrected chi connectivity index (χ3v) is 4.87. The summed E-state index contributed by atoms with van der Waals surface area (Å²) in [6.45, 7) is 1.43. The lowest BCUT2D eigenvalue weighted by Gasteiger charge is -2.16. The molecule has 1 aromatic rings. The Kier molecular flexibility index (Phi) is 4.85. The van der Waals surface area contributed by atoms with Crippen LogP contribution in [-0.2, 0) is 16.8 Å². The molecule has 0 radical (unpaired) electrons. The van der Waals surface area contributed by atoms with Gasteiger partial charge in [-0.05, 0) is 30.5 Å². The highest BCUT2D eigenvalue weighted by Crippen LogP contribution is 2.27. The van der Waals surface area contributed by atoms with Crippen LogP contribution in [-0.4, -0.2) is 40.0 Å². The van der Waals surface area contributed by atoms with Gasteiger partial charge in [-0.2, -0.15) is 17.4 Å². The van der Waals surface area contributed by atoms with E-state index in [1.165, 1.54) is 4.31 Å². The molecular formula is C13H20N2O4S. The normalized spacial score (nSPS) is 16.3. The summed E-state index contributed by atoms with van der Waals surface area (Å²) in [6, 6.07) is 5.34. The molecule has 7 heteroatoms. The SMILES string of the molecule is COc1ccc(CNS(=O)(=O)N2CCCC2)cc1OC. The first-order valence-electron chi connectivity index (χ1n) is 6.52. The van der Waals surface area contributed by atoms with Gasteiger partial charge in [-0.15, -0.1) is 0 Å². The second-order valence-electron chi connectivity index (χ2n) is 4.62. The summed E-state index contributed by atoms with van der Waals surface area (Å²) in [4.78, 5) is 0. The first kappa shape index (κ1) is 15.1. The van der Waals surface area contributed by atoms with E-state index in [1.807, 2.05) is 6.07 Å². The Morgan fingerprint density at radius 2 is 1.80 bits per heavy atom. The van der Waals surface area contributed by atoms with Crippen molar-refractivity contribution in [2.24, 2.45) is 0 Å². The summed E-state index contributed by atoms with van der Waals surface area (Å²) in [6.07, 6.45) is 1.86. The van der Waals surface area contributed by atoms with Crippen LogP contribution < -0.4 is 14.2 Å². The van der Waals surface area contributed by atoms with Crippen molar-refractivity contribution in [2.75, 3.05) is 27.3 Å². The van der Waals surface area contributed by atoms with E-state index in [1.54, 1.807) is 26.4 Å². The van der Waals surface area contributed by atoms with Gasteiger partial charge < -0.3 is 9.47 Å². The second kappa shape index (κ2) is 6.43. The van der Waals surface area contributed by atoms with Crippen molar-refractivity contribution < 1.29 is 17.9 Å². The van der Waals surface area contributed by atoms with Gasteiger partial charge >= 0.3 is 0 Å². The fourth-order valence-electron chi connectivity index (χ4n) is 2.18. The van der Waals surface area contributed by atoms with Crippen molar-refractivity contribution in [1.82, 2.24) is 9.03 Å². The molecule has 0 bridgehead atoms. The van der Waals surface area contributed by atoms with Crippen LogP contribution in [0, 0.1) is 0 Å². The lowest BCUT2D eigenvalue weighted by atomic mass is 10.2. The molecule has 1 aliphatic heterocycles. The molecule has 1 N–H and O–H groups in total. The van der Waals surface area contributed by atoms with Gasteiger partial charge in [0.2, 0.25) is 0 Å². The van der Waals surface area contributed by atoms with Gasteiger partial charge in [-0.25, -0.2) is 0 Å².